The lowest BCUT2D eigenvalue weighted by atomic mass is 10.0. The molecule has 0 radical (unpaired) electrons. The van der Waals surface area contributed by atoms with Crippen LogP contribution in [0, 0.1) is 0 Å². The molecule has 1 atom stereocenters. The van der Waals surface area contributed by atoms with Gasteiger partial charge in [-0.1, -0.05) is 6.07 Å². The molecule has 0 aromatic carbocycles. The van der Waals surface area contributed by atoms with E-state index in [0.29, 0.717) is 53.6 Å². The number of alkyl halides is 3. The summed E-state index contributed by atoms with van der Waals surface area (Å²) < 4.78 is 48.6. The lowest BCUT2D eigenvalue weighted by Crippen LogP contribution is -2.44. The predicted octanol–water partition coefficient (Wildman–Crippen LogP) is 3.66. The molecule has 1 N–H and O–H groups in total. The van der Waals surface area contributed by atoms with Crippen LogP contribution in [0.2, 0.25) is 0 Å². The molecule has 4 aromatic rings. The molecule has 4 aromatic heterocycles. The van der Waals surface area contributed by atoms with Gasteiger partial charge in [-0.15, -0.1) is 0 Å². The van der Waals surface area contributed by atoms with Crippen molar-refractivity contribution in [3.8, 4) is 22.5 Å². The number of fused-ring (bicyclic) bond motifs is 1. The van der Waals surface area contributed by atoms with Crippen molar-refractivity contribution < 1.29 is 17.9 Å². The normalized spacial score (nSPS) is 17.3. The molecule has 166 valence electrons. The Labute approximate surface area is 181 Å². The Kier molecular flexibility index (Phi) is 4.85. The SMILES string of the molecule is CC1COCCN1c1cc(-c2cccnc2C(F)(F)F)c2c(n1)c(-c1cc[nH]n1)nn2C. The molecule has 5 heterocycles. The van der Waals surface area contributed by atoms with Crippen molar-refractivity contribution in [2.24, 2.45) is 7.05 Å². The number of halogens is 3. The first-order valence-electron chi connectivity index (χ1n) is 10.1. The highest BCUT2D eigenvalue weighted by atomic mass is 19.4. The molecule has 1 aliphatic heterocycles. The second-order valence-corrected chi connectivity index (χ2v) is 7.67. The highest BCUT2D eigenvalue weighted by molar-refractivity contribution is 6.00. The number of anilines is 1. The zero-order chi connectivity index (χ0) is 22.5. The van der Waals surface area contributed by atoms with Crippen LogP contribution in [0.3, 0.4) is 0 Å². The Morgan fingerprint density at radius 2 is 2.06 bits per heavy atom. The molecular formula is C21H20F3N7O. The summed E-state index contributed by atoms with van der Waals surface area (Å²) in [5, 5.41) is 11.5. The molecule has 0 spiro atoms. The van der Waals surface area contributed by atoms with Gasteiger partial charge in [0, 0.05) is 37.1 Å². The van der Waals surface area contributed by atoms with Crippen LogP contribution in [0.4, 0.5) is 19.0 Å². The van der Waals surface area contributed by atoms with E-state index in [1.165, 1.54) is 12.1 Å². The van der Waals surface area contributed by atoms with E-state index in [4.69, 9.17) is 9.72 Å². The van der Waals surface area contributed by atoms with Gasteiger partial charge in [-0.05, 0) is 25.1 Å². The lowest BCUT2D eigenvalue weighted by Gasteiger charge is -2.34. The third-order valence-electron chi connectivity index (χ3n) is 5.55. The van der Waals surface area contributed by atoms with Gasteiger partial charge in [-0.2, -0.15) is 23.4 Å². The van der Waals surface area contributed by atoms with Gasteiger partial charge in [-0.3, -0.25) is 14.8 Å². The van der Waals surface area contributed by atoms with E-state index in [1.807, 2.05) is 11.8 Å². The fourth-order valence-corrected chi connectivity index (χ4v) is 4.10. The molecule has 1 saturated heterocycles. The van der Waals surface area contributed by atoms with Crippen LogP contribution in [0.1, 0.15) is 12.6 Å². The third kappa shape index (κ3) is 3.38. The summed E-state index contributed by atoms with van der Waals surface area (Å²) in [5.74, 6) is 0.560. The maximum Gasteiger partial charge on any atom is 0.433 e. The van der Waals surface area contributed by atoms with Gasteiger partial charge in [0.2, 0.25) is 0 Å². The van der Waals surface area contributed by atoms with Crippen LogP contribution in [0.15, 0.2) is 36.7 Å². The standard InChI is InChI=1S/C21H20F3N7O/c1-12-11-32-9-8-31(12)16-10-14(13-4-3-6-25-20(13)21(22,23)24)19-18(27-16)17(29-30(19)2)15-5-7-26-28-15/h3-7,10,12H,8-9,11H2,1-2H3,(H,26,28). The van der Waals surface area contributed by atoms with E-state index in [1.54, 1.807) is 30.1 Å². The summed E-state index contributed by atoms with van der Waals surface area (Å²) >= 11 is 0. The van der Waals surface area contributed by atoms with Crippen molar-refractivity contribution in [2.75, 3.05) is 24.7 Å². The summed E-state index contributed by atoms with van der Waals surface area (Å²) in [6.07, 6.45) is -1.80. The van der Waals surface area contributed by atoms with Gasteiger partial charge in [0.05, 0.1) is 24.8 Å². The first-order valence-corrected chi connectivity index (χ1v) is 10.1. The fraction of sp³-hybridized carbons (Fsp3) is 0.333. The number of nitrogens with one attached hydrogen (secondary N) is 1. The van der Waals surface area contributed by atoms with Crippen LogP contribution in [0.5, 0.6) is 0 Å². The highest BCUT2D eigenvalue weighted by Crippen LogP contribution is 2.41. The summed E-state index contributed by atoms with van der Waals surface area (Å²) in [5.41, 5.74) is 1.39. The third-order valence-corrected chi connectivity index (χ3v) is 5.55. The number of aromatic nitrogens is 6. The Hall–Kier alpha value is -3.47. The molecule has 32 heavy (non-hydrogen) atoms. The molecule has 1 aliphatic rings. The van der Waals surface area contributed by atoms with E-state index in [9.17, 15) is 13.2 Å². The number of morpholine rings is 1. The number of hydrogen-bond donors (Lipinski definition) is 1. The predicted molar refractivity (Wildman–Crippen MR) is 112 cm³/mol. The number of pyridine rings is 2. The molecule has 0 amide bonds. The molecule has 1 unspecified atom stereocenters. The molecule has 11 heteroatoms. The summed E-state index contributed by atoms with van der Waals surface area (Å²) in [4.78, 5) is 10.5. The molecule has 0 bridgehead atoms. The minimum Gasteiger partial charge on any atom is -0.377 e. The van der Waals surface area contributed by atoms with Crippen LogP contribution in [0.25, 0.3) is 33.5 Å². The zero-order valence-electron chi connectivity index (χ0n) is 17.4. The number of H-pyrrole nitrogens is 1. The number of aromatic amines is 1. The van der Waals surface area contributed by atoms with Gasteiger partial charge in [-0.25, -0.2) is 4.98 Å². The Morgan fingerprint density at radius 3 is 2.78 bits per heavy atom. The Bertz CT molecular complexity index is 1270. The minimum atomic E-state index is -4.61. The molecule has 1 fully saturated rings. The largest absolute Gasteiger partial charge is 0.433 e. The first kappa shape index (κ1) is 20.4. The van der Waals surface area contributed by atoms with Crippen molar-refractivity contribution in [2.45, 2.75) is 19.1 Å². The summed E-state index contributed by atoms with van der Waals surface area (Å²) in [6.45, 7) is 3.60. The molecule has 8 nitrogen and oxygen atoms in total. The van der Waals surface area contributed by atoms with Gasteiger partial charge < -0.3 is 9.64 Å². The van der Waals surface area contributed by atoms with Crippen molar-refractivity contribution in [1.82, 2.24) is 29.9 Å². The van der Waals surface area contributed by atoms with Crippen molar-refractivity contribution in [3.63, 3.8) is 0 Å². The maximum absolute atomic E-state index is 13.8. The number of ether oxygens (including phenoxy) is 1. The van der Waals surface area contributed by atoms with E-state index in [0.717, 1.165) is 6.20 Å². The van der Waals surface area contributed by atoms with E-state index in [-0.39, 0.29) is 11.6 Å². The zero-order valence-corrected chi connectivity index (χ0v) is 17.4. The monoisotopic (exact) mass is 443 g/mol. The van der Waals surface area contributed by atoms with E-state index in [2.05, 4.69) is 20.3 Å². The molecule has 0 saturated carbocycles. The number of rotatable bonds is 3. The van der Waals surface area contributed by atoms with Crippen molar-refractivity contribution >= 4 is 16.9 Å². The van der Waals surface area contributed by atoms with E-state index < -0.39 is 11.9 Å². The fourth-order valence-electron chi connectivity index (χ4n) is 4.10. The quantitative estimate of drug-likeness (QED) is 0.520. The summed E-state index contributed by atoms with van der Waals surface area (Å²) in [6, 6.07) is 6.38. The van der Waals surface area contributed by atoms with Crippen LogP contribution < -0.4 is 4.90 Å². The smallest absolute Gasteiger partial charge is 0.377 e. The lowest BCUT2D eigenvalue weighted by molar-refractivity contribution is -0.140. The van der Waals surface area contributed by atoms with Crippen molar-refractivity contribution in [1.29, 1.82) is 0 Å². The highest BCUT2D eigenvalue weighted by Gasteiger charge is 2.36. The first-order chi connectivity index (χ1) is 15.3. The number of aryl methyl sites for hydroxylation is 1. The average molecular weight is 443 g/mol. The maximum atomic E-state index is 13.8. The summed E-state index contributed by atoms with van der Waals surface area (Å²) in [7, 11) is 1.68. The number of hydrogen-bond acceptors (Lipinski definition) is 6. The average Bonchev–Trinajstić information content (AvgIpc) is 3.41. The Balaban J connectivity index is 1.83. The van der Waals surface area contributed by atoms with E-state index >= 15 is 0 Å². The van der Waals surface area contributed by atoms with Crippen molar-refractivity contribution in [3.05, 3.63) is 42.4 Å². The molecule has 0 aliphatic carbocycles. The van der Waals surface area contributed by atoms with Crippen LogP contribution >= 0.6 is 0 Å². The molecular weight excluding hydrogens is 423 g/mol. The van der Waals surface area contributed by atoms with Gasteiger partial charge in [0.15, 0.2) is 5.69 Å². The molecule has 5 rings (SSSR count). The van der Waals surface area contributed by atoms with Crippen LogP contribution in [-0.2, 0) is 18.0 Å². The number of nitrogens with zero attached hydrogens (tertiary/aromatic N) is 6. The second-order valence-electron chi connectivity index (χ2n) is 7.67. The minimum absolute atomic E-state index is 0.0167. The van der Waals surface area contributed by atoms with Gasteiger partial charge in [0.1, 0.15) is 22.7 Å². The second kappa shape index (κ2) is 7.59. The topological polar surface area (TPSA) is 84.8 Å². The van der Waals surface area contributed by atoms with Crippen LogP contribution in [-0.4, -0.2) is 55.7 Å². The van der Waals surface area contributed by atoms with Gasteiger partial charge >= 0.3 is 6.18 Å². The van der Waals surface area contributed by atoms with Gasteiger partial charge in [0.25, 0.3) is 0 Å². The Morgan fingerprint density at radius 1 is 1.22 bits per heavy atom.